The number of hydrogen-bond donors (Lipinski definition) is 1. The number of hydrogen-bond acceptors (Lipinski definition) is 3. The Hall–Kier alpha value is -0.930. The van der Waals surface area contributed by atoms with Crippen molar-refractivity contribution < 1.29 is 4.74 Å². The first-order valence-electron chi connectivity index (χ1n) is 7.45. The molecule has 0 radical (unpaired) electrons. The summed E-state index contributed by atoms with van der Waals surface area (Å²) in [5.41, 5.74) is 1.34. The fourth-order valence-corrected chi connectivity index (χ4v) is 1.97. The summed E-state index contributed by atoms with van der Waals surface area (Å²) in [4.78, 5) is 4.03. The lowest BCUT2D eigenvalue weighted by molar-refractivity contribution is 0.0219. The van der Waals surface area contributed by atoms with Crippen LogP contribution in [0.1, 0.15) is 39.2 Å². The molecule has 1 atom stereocenters. The van der Waals surface area contributed by atoms with Gasteiger partial charge in [0.05, 0.1) is 6.10 Å². The summed E-state index contributed by atoms with van der Waals surface area (Å²) >= 11 is 0. The second-order valence-electron chi connectivity index (χ2n) is 5.32. The molecule has 1 aromatic heterocycles. The number of aryl methyl sites for hydroxylation is 1. The van der Waals surface area contributed by atoms with Crippen molar-refractivity contribution in [2.24, 2.45) is 5.92 Å². The largest absolute Gasteiger partial charge is 0.377 e. The molecule has 1 heterocycles. The van der Waals surface area contributed by atoms with E-state index in [2.05, 4.69) is 43.2 Å². The number of nitrogens with one attached hydrogen (secondary N) is 1. The van der Waals surface area contributed by atoms with Gasteiger partial charge < -0.3 is 10.1 Å². The van der Waals surface area contributed by atoms with E-state index in [1.54, 1.807) is 0 Å². The second kappa shape index (κ2) is 9.93. The highest BCUT2D eigenvalue weighted by molar-refractivity contribution is 5.09. The van der Waals surface area contributed by atoms with Gasteiger partial charge in [-0.05, 0) is 49.4 Å². The van der Waals surface area contributed by atoms with E-state index in [4.69, 9.17) is 4.74 Å². The summed E-state index contributed by atoms with van der Waals surface area (Å²) in [6.07, 6.45) is 7.33. The van der Waals surface area contributed by atoms with Crippen LogP contribution in [0, 0.1) is 5.92 Å². The normalized spacial score (nSPS) is 12.8. The number of aromatic nitrogens is 1. The third kappa shape index (κ3) is 7.28. The Labute approximate surface area is 117 Å². The van der Waals surface area contributed by atoms with Crippen LogP contribution in [-0.4, -0.2) is 30.8 Å². The molecule has 0 spiro atoms. The maximum Gasteiger partial charge on any atom is 0.0722 e. The Morgan fingerprint density at radius 3 is 2.63 bits per heavy atom. The Balaban J connectivity index is 2.17. The van der Waals surface area contributed by atoms with Crippen molar-refractivity contribution in [3.05, 3.63) is 30.1 Å². The lowest BCUT2D eigenvalue weighted by Gasteiger charge is -2.22. The molecule has 1 unspecified atom stereocenters. The van der Waals surface area contributed by atoms with Crippen LogP contribution in [0.2, 0.25) is 0 Å². The van der Waals surface area contributed by atoms with E-state index in [0.29, 0.717) is 12.0 Å². The fraction of sp³-hybridized carbons (Fsp3) is 0.688. The smallest absolute Gasteiger partial charge is 0.0722 e. The molecule has 0 aromatic carbocycles. The van der Waals surface area contributed by atoms with Crippen molar-refractivity contribution in [3.63, 3.8) is 0 Å². The molecule has 0 aliphatic carbocycles. The molecule has 0 aliphatic heterocycles. The zero-order chi connectivity index (χ0) is 13.9. The minimum absolute atomic E-state index is 0.323. The summed E-state index contributed by atoms with van der Waals surface area (Å²) < 4.78 is 5.99. The lowest BCUT2D eigenvalue weighted by atomic mass is 10.1. The van der Waals surface area contributed by atoms with Crippen molar-refractivity contribution in [1.82, 2.24) is 10.3 Å². The average Bonchev–Trinajstić information content (AvgIpc) is 2.42. The van der Waals surface area contributed by atoms with Gasteiger partial charge in [0.25, 0.3) is 0 Å². The minimum atomic E-state index is 0.323. The molecular weight excluding hydrogens is 236 g/mol. The molecule has 0 saturated heterocycles. The van der Waals surface area contributed by atoms with Crippen molar-refractivity contribution in [2.75, 3.05) is 19.7 Å². The van der Waals surface area contributed by atoms with E-state index in [1.807, 2.05) is 12.4 Å². The molecule has 1 rings (SSSR count). The van der Waals surface area contributed by atoms with Crippen LogP contribution >= 0.6 is 0 Å². The Bertz CT molecular complexity index is 314. The van der Waals surface area contributed by atoms with Gasteiger partial charge in [-0.3, -0.25) is 4.98 Å². The molecule has 1 aromatic rings. The van der Waals surface area contributed by atoms with Gasteiger partial charge in [0, 0.05) is 25.5 Å². The first-order valence-corrected chi connectivity index (χ1v) is 7.45. The molecule has 0 fully saturated rings. The van der Waals surface area contributed by atoms with Crippen LogP contribution in [-0.2, 0) is 11.2 Å². The molecule has 0 aliphatic rings. The highest BCUT2D eigenvalue weighted by Gasteiger charge is 2.12. The maximum atomic E-state index is 5.99. The number of ether oxygens (including phenoxy) is 1. The zero-order valence-electron chi connectivity index (χ0n) is 12.6. The molecule has 19 heavy (non-hydrogen) atoms. The summed E-state index contributed by atoms with van der Waals surface area (Å²) in [5.74, 6) is 0.560. The van der Waals surface area contributed by atoms with Crippen LogP contribution in [0.3, 0.4) is 0 Å². The maximum absolute atomic E-state index is 5.99. The third-order valence-corrected chi connectivity index (χ3v) is 3.21. The predicted molar refractivity (Wildman–Crippen MR) is 80.3 cm³/mol. The van der Waals surface area contributed by atoms with Crippen LogP contribution in [0.5, 0.6) is 0 Å². The molecular formula is C16H28N2O. The summed E-state index contributed by atoms with van der Waals surface area (Å²) in [6.45, 7) is 9.50. The molecule has 3 heteroatoms. The van der Waals surface area contributed by atoms with Gasteiger partial charge in [0.15, 0.2) is 0 Å². The van der Waals surface area contributed by atoms with Gasteiger partial charge in [0.1, 0.15) is 0 Å². The molecule has 3 nitrogen and oxygen atoms in total. The first-order chi connectivity index (χ1) is 9.24. The molecule has 0 bridgehead atoms. The SMILES string of the molecule is CCCNCC(OCCCc1ccncc1)C(C)C. The van der Waals surface area contributed by atoms with Gasteiger partial charge >= 0.3 is 0 Å². The van der Waals surface area contributed by atoms with Gasteiger partial charge in [-0.15, -0.1) is 0 Å². The van der Waals surface area contributed by atoms with Crippen LogP contribution in [0.4, 0.5) is 0 Å². The standard InChI is InChI=1S/C16H28N2O/c1-4-9-18-13-16(14(2)3)19-12-5-6-15-7-10-17-11-8-15/h7-8,10-11,14,16,18H,4-6,9,12-13H2,1-3H3. The zero-order valence-corrected chi connectivity index (χ0v) is 12.6. The summed E-state index contributed by atoms with van der Waals surface area (Å²) in [6, 6.07) is 4.14. The van der Waals surface area contributed by atoms with Gasteiger partial charge in [0.2, 0.25) is 0 Å². The van der Waals surface area contributed by atoms with E-state index in [1.165, 1.54) is 12.0 Å². The van der Waals surface area contributed by atoms with Crippen LogP contribution < -0.4 is 5.32 Å². The number of pyridine rings is 1. The summed E-state index contributed by atoms with van der Waals surface area (Å²) in [5, 5.41) is 3.44. The molecule has 0 amide bonds. The van der Waals surface area contributed by atoms with E-state index >= 15 is 0 Å². The highest BCUT2D eigenvalue weighted by atomic mass is 16.5. The van der Waals surface area contributed by atoms with Crippen molar-refractivity contribution in [2.45, 2.75) is 46.1 Å². The number of rotatable bonds is 10. The van der Waals surface area contributed by atoms with Crippen LogP contribution in [0.25, 0.3) is 0 Å². The van der Waals surface area contributed by atoms with Crippen molar-refractivity contribution in [1.29, 1.82) is 0 Å². The molecule has 108 valence electrons. The Morgan fingerprint density at radius 2 is 2.00 bits per heavy atom. The van der Waals surface area contributed by atoms with E-state index in [9.17, 15) is 0 Å². The number of nitrogens with zero attached hydrogens (tertiary/aromatic N) is 1. The van der Waals surface area contributed by atoms with Crippen molar-refractivity contribution >= 4 is 0 Å². The predicted octanol–water partition coefficient (Wildman–Crippen LogP) is 3.06. The quantitative estimate of drug-likeness (QED) is 0.660. The van der Waals surface area contributed by atoms with E-state index in [0.717, 1.165) is 32.5 Å². The van der Waals surface area contributed by atoms with E-state index in [-0.39, 0.29) is 0 Å². The minimum Gasteiger partial charge on any atom is -0.377 e. The highest BCUT2D eigenvalue weighted by Crippen LogP contribution is 2.08. The van der Waals surface area contributed by atoms with Crippen LogP contribution in [0.15, 0.2) is 24.5 Å². The third-order valence-electron chi connectivity index (χ3n) is 3.21. The van der Waals surface area contributed by atoms with Crippen molar-refractivity contribution in [3.8, 4) is 0 Å². The summed E-state index contributed by atoms with van der Waals surface area (Å²) in [7, 11) is 0. The molecule has 0 saturated carbocycles. The molecule has 1 N–H and O–H groups in total. The monoisotopic (exact) mass is 264 g/mol. The second-order valence-corrected chi connectivity index (χ2v) is 5.32. The first kappa shape index (κ1) is 16.1. The average molecular weight is 264 g/mol. The fourth-order valence-electron chi connectivity index (χ4n) is 1.97. The van der Waals surface area contributed by atoms with Gasteiger partial charge in [-0.1, -0.05) is 20.8 Å². The lowest BCUT2D eigenvalue weighted by Crippen LogP contribution is -2.33. The Kier molecular flexibility index (Phi) is 8.43. The Morgan fingerprint density at radius 1 is 1.26 bits per heavy atom. The van der Waals surface area contributed by atoms with Gasteiger partial charge in [-0.25, -0.2) is 0 Å². The van der Waals surface area contributed by atoms with E-state index < -0.39 is 0 Å². The van der Waals surface area contributed by atoms with Gasteiger partial charge in [-0.2, -0.15) is 0 Å². The topological polar surface area (TPSA) is 34.1 Å².